The van der Waals surface area contributed by atoms with Crippen LogP contribution in [0.3, 0.4) is 0 Å². The van der Waals surface area contributed by atoms with Crippen LogP contribution < -0.4 is 21.1 Å². The maximum absolute atomic E-state index is 13.7. The number of carbonyl (C=O) groups is 1. The second kappa shape index (κ2) is 9.71. The average molecular weight is 477 g/mol. The van der Waals surface area contributed by atoms with E-state index in [1.807, 2.05) is 4.72 Å². The van der Waals surface area contributed by atoms with Crippen LogP contribution in [0.25, 0.3) is 0 Å². The van der Waals surface area contributed by atoms with Gasteiger partial charge in [-0.1, -0.05) is 0 Å². The molecular formula is C21H18F3N5O3S. The van der Waals surface area contributed by atoms with Crippen molar-refractivity contribution < 1.29 is 26.4 Å². The number of benzene rings is 3. The van der Waals surface area contributed by atoms with Gasteiger partial charge >= 0.3 is 6.03 Å². The fourth-order valence-electron chi connectivity index (χ4n) is 2.73. The largest absolute Gasteiger partial charge is 0.384 e. The zero-order chi connectivity index (χ0) is 24.2. The number of hydrogen-bond donors (Lipinski definition) is 5. The van der Waals surface area contributed by atoms with E-state index in [0.29, 0.717) is 23.4 Å². The molecule has 3 rings (SSSR count). The molecule has 0 spiro atoms. The van der Waals surface area contributed by atoms with Crippen LogP contribution in [0.1, 0.15) is 11.1 Å². The summed E-state index contributed by atoms with van der Waals surface area (Å²) < 4.78 is 67.5. The number of rotatable bonds is 7. The summed E-state index contributed by atoms with van der Waals surface area (Å²) in [7, 11) is -4.17. The SMILES string of the molecule is N=C(N)c1ccc(NC(=O)Nc2ccc(S(=O)(=O)NCc3c(F)ccc(F)c3F)cc2)cc1. The molecule has 8 nitrogen and oxygen atoms in total. The van der Waals surface area contributed by atoms with E-state index in [1.54, 1.807) is 24.3 Å². The molecule has 0 unspecified atom stereocenters. The van der Waals surface area contributed by atoms with Gasteiger partial charge in [-0.25, -0.2) is 31.1 Å². The normalized spacial score (nSPS) is 11.1. The number of amides is 2. The number of anilines is 2. The number of nitrogen functional groups attached to an aromatic ring is 1. The Hall–Kier alpha value is -3.90. The molecule has 172 valence electrons. The van der Waals surface area contributed by atoms with E-state index in [2.05, 4.69) is 10.6 Å². The molecule has 33 heavy (non-hydrogen) atoms. The smallest absolute Gasteiger partial charge is 0.323 e. The molecule has 0 aromatic heterocycles. The second-order valence-electron chi connectivity index (χ2n) is 6.74. The van der Waals surface area contributed by atoms with E-state index >= 15 is 0 Å². The van der Waals surface area contributed by atoms with Crippen LogP contribution in [0.5, 0.6) is 0 Å². The van der Waals surface area contributed by atoms with Crippen molar-refractivity contribution in [3.8, 4) is 0 Å². The summed E-state index contributed by atoms with van der Waals surface area (Å²) in [5.74, 6) is -3.96. The Balaban J connectivity index is 1.62. The van der Waals surface area contributed by atoms with Gasteiger partial charge in [-0.15, -0.1) is 0 Å². The maximum atomic E-state index is 13.7. The highest BCUT2D eigenvalue weighted by atomic mass is 32.2. The van der Waals surface area contributed by atoms with Crippen molar-refractivity contribution in [3.05, 3.63) is 89.2 Å². The van der Waals surface area contributed by atoms with Crippen LogP contribution in [0.15, 0.2) is 65.6 Å². The van der Waals surface area contributed by atoms with Gasteiger partial charge in [0, 0.05) is 29.0 Å². The predicted octanol–water partition coefficient (Wildman–Crippen LogP) is 3.51. The van der Waals surface area contributed by atoms with E-state index in [1.165, 1.54) is 24.3 Å². The fourth-order valence-corrected chi connectivity index (χ4v) is 3.72. The van der Waals surface area contributed by atoms with Crippen LogP contribution in [0.4, 0.5) is 29.3 Å². The van der Waals surface area contributed by atoms with Crippen molar-refractivity contribution in [2.45, 2.75) is 11.4 Å². The summed E-state index contributed by atoms with van der Waals surface area (Å²) >= 11 is 0. The lowest BCUT2D eigenvalue weighted by Gasteiger charge is -2.11. The second-order valence-corrected chi connectivity index (χ2v) is 8.51. The zero-order valence-electron chi connectivity index (χ0n) is 16.8. The first-order valence-electron chi connectivity index (χ1n) is 9.31. The molecule has 0 radical (unpaired) electrons. The van der Waals surface area contributed by atoms with Gasteiger partial charge in [-0.05, 0) is 60.7 Å². The molecule has 0 aliphatic heterocycles. The molecule has 0 aliphatic rings. The van der Waals surface area contributed by atoms with Crippen molar-refractivity contribution in [2.24, 2.45) is 5.73 Å². The first-order chi connectivity index (χ1) is 15.6. The Morgan fingerprint density at radius 3 is 1.91 bits per heavy atom. The van der Waals surface area contributed by atoms with E-state index in [4.69, 9.17) is 11.1 Å². The summed E-state index contributed by atoms with van der Waals surface area (Å²) in [6.07, 6.45) is 0. The number of halogens is 3. The lowest BCUT2D eigenvalue weighted by atomic mass is 10.2. The van der Waals surface area contributed by atoms with Gasteiger partial charge in [-0.3, -0.25) is 5.41 Å². The standard InChI is InChI=1S/C21H18F3N5O3S/c22-17-9-10-18(23)19(24)16(17)11-27-33(31,32)15-7-5-14(6-8-15)29-21(30)28-13-3-1-12(2-4-13)20(25)26/h1-10,27H,11H2,(H3,25,26)(H2,28,29,30). The Bertz CT molecular complexity index is 1300. The van der Waals surface area contributed by atoms with Crippen molar-refractivity contribution in [2.75, 3.05) is 10.6 Å². The van der Waals surface area contributed by atoms with Gasteiger partial charge in [0.05, 0.1) is 4.90 Å². The number of urea groups is 1. The highest BCUT2D eigenvalue weighted by Gasteiger charge is 2.19. The number of nitrogens with one attached hydrogen (secondary N) is 4. The average Bonchev–Trinajstić information content (AvgIpc) is 2.77. The zero-order valence-corrected chi connectivity index (χ0v) is 17.6. The lowest BCUT2D eigenvalue weighted by molar-refractivity contribution is 0.262. The van der Waals surface area contributed by atoms with Gasteiger partial charge in [0.25, 0.3) is 0 Å². The molecule has 6 N–H and O–H groups in total. The Morgan fingerprint density at radius 1 is 0.848 bits per heavy atom. The summed E-state index contributed by atoms with van der Waals surface area (Å²) in [4.78, 5) is 11.9. The third-order valence-electron chi connectivity index (χ3n) is 4.45. The minimum atomic E-state index is -4.17. The van der Waals surface area contributed by atoms with Crippen LogP contribution >= 0.6 is 0 Å². The van der Waals surface area contributed by atoms with Crippen LogP contribution in [0, 0.1) is 22.9 Å². The molecule has 0 saturated heterocycles. The first kappa shape index (κ1) is 23.8. The van der Waals surface area contributed by atoms with Crippen molar-refractivity contribution in [3.63, 3.8) is 0 Å². The van der Waals surface area contributed by atoms with Crippen LogP contribution in [-0.4, -0.2) is 20.3 Å². The molecule has 0 bridgehead atoms. The minimum absolute atomic E-state index is 0.110. The first-order valence-corrected chi connectivity index (χ1v) is 10.8. The Morgan fingerprint density at radius 2 is 1.36 bits per heavy atom. The molecule has 0 atom stereocenters. The molecule has 2 amide bonds. The fraction of sp³-hybridized carbons (Fsp3) is 0.0476. The number of nitrogens with two attached hydrogens (primary N) is 1. The van der Waals surface area contributed by atoms with E-state index in [0.717, 1.165) is 0 Å². The van der Waals surface area contributed by atoms with Gasteiger partial charge in [0.2, 0.25) is 10.0 Å². The van der Waals surface area contributed by atoms with Crippen molar-refractivity contribution in [1.82, 2.24) is 4.72 Å². The van der Waals surface area contributed by atoms with Gasteiger partial charge in [-0.2, -0.15) is 0 Å². The van der Waals surface area contributed by atoms with Crippen LogP contribution in [-0.2, 0) is 16.6 Å². The molecule has 0 saturated carbocycles. The summed E-state index contributed by atoms with van der Waals surface area (Å²) in [6.45, 7) is -0.789. The molecule has 12 heteroatoms. The number of amidine groups is 1. The molecular weight excluding hydrogens is 459 g/mol. The number of hydrogen-bond acceptors (Lipinski definition) is 4. The highest BCUT2D eigenvalue weighted by molar-refractivity contribution is 7.89. The molecule has 3 aromatic rings. The third-order valence-corrected chi connectivity index (χ3v) is 5.87. The van der Waals surface area contributed by atoms with E-state index in [9.17, 15) is 26.4 Å². The number of sulfonamides is 1. The topological polar surface area (TPSA) is 137 Å². The summed E-state index contributed by atoms with van der Waals surface area (Å²) in [5, 5.41) is 12.4. The highest BCUT2D eigenvalue weighted by Crippen LogP contribution is 2.18. The van der Waals surface area contributed by atoms with Gasteiger partial charge in [0.15, 0.2) is 11.6 Å². The van der Waals surface area contributed by atoms with Gasteiger partial charge in [0.1, 0.15) is 11.7 Å². The van der Waals surface area contributed by atoms with Crippen molar-refractivity contribution >= 4 is 33.3 Å². The van der Waals surface area contributed by atoms with E-state index < -0.39 is 45.6 Å². The summed E-state index contributed by atoms with van der Waals surface area (Å²) in [5.41, 5.74) is 5.83. The molecule has 0 heterocycles. The monoisotopic (exact) mass is 477 g/mol. The van der Waals surface area contributed by atoms with Gasteiger partial charge < -0.3 is 16.4 Å². The Labute approximate surface area is 187 Å². The maximum Gasteiger partial charge on any atom is 0.323 e. The number of carbonyl (C=O) groups excluding carboxylic acids is 1. The molecule has 0 aliphatic carbocycles. The molecule has 0 fully saturated rings. The lowest BCUT2D eigenvalue weighted by Crippen LogP contribution is -2.24. The van der Waals surface area contributed by atoms with Crippen molar-refractivity contribution in [1.29, 1.82) is 5.41 Å². The minimum Gasteiger partial charge on any atom is -0.384 e. The van der Waals surface area contributed by atoms with E-state index in [-0.39, 0.29) is 16.4 Å². The Kier molecular flexibility index (Phi) is 6.99. The molecule has 3 aromatic carbocycles. The van der Waals surface area contributed by atoms with Crippen LogP contribution in [0.2, 0.25) is 0 Å². The third kappa shape index (κ3) is 5.87. The predicted molar refractivity (Wildman–Crippen MR) is 117 cm³/mol. The summed E-state index contributed by atoms with van der Waals surface area (Å²) in [6, 6.07) is 11.9. The quantitative estimate of drug-likeness (QED) is 0.202.